The quantitative estimate of drug-likeness (QED) is 0.906. The predicted molar refractivity (Wildman–Crippen MR) is 71.4 cm³/mol. The average Bonchev–Trinajstić information content (AvgIpc) is 2.85. The van der Waals surface area contributed by atoms with Crippen molar-refractivity contribution in [3.05, 3.63) is 47.8 Å². The predicted octanol–water partition coefficient (Wildman–Crippen LogP) is 1.66. The molecule has 0 unspecified atom stereocenters. The zero-order chi connectivity index (χ0) is 13.1. The summed E-state index contributed by atoms with van der Waals surface area (Å²) in [5.74, 6) is 1.10. The van der Waals surface area contributed by atoms with E-state index in [4.69, 9.17) is 4.74 Å². The Morgan fingerprint density at radius 1 is 1.37 bits per heavy atom. The summed E-state index contributed by atoms with van der Waals surface area (Å²) in [6.45, 7) is 5.20. The molecule has 2 aromatic heterocycles. The van der Waals surface area contributed by atoms with Crippen LogP contribution in [0.25, 0.3) is 0 Å². The van der Waals surface area contributed by atoms with E-state index in [0.29, 0.717) is 19.3 Å². The van der Waals surface area contributed by atoms with Gasteiger partial charge in [-0.05, 0) is 19.1 Å². The van der Waals surface area contributed by atoms with E-state index in [2.05, 4.69) is 26.8 Å². The Bertz CT molecular complexity index is 538. The Labute approximate surface area is 112 Å². The molecule has 0 saturated carbocycles. The number of nitrogens with zero attached hydrogens (tertiary/aromatic N) is 3. The van der Waals surface area contributed by atoms with Gasteiger partial charge in [-0.2, -0.15) is 0 Å². The molecule has 3 heterocycles. The normalized spacial score (nSPS) is 18.3. The molecule has 0 saturated heterocycles. The minimum absolute atomic E-state index is 0.318. The van der Waals surface area contributed by atoms with Crippen LogP contribution in [0.4, 0.5) is 0 Å². The van der Waals surface area contributed by atoms with Gasteiger partial charge in [-0.1, -0.05) is 6.07 Å². The van der Waals surface area contributed by atoms with Crippen molar-refractivity contribution >= 4 is 0 Å². The van der Waals surface area contributed by atoms with Crippen molar-refractivity contribution in [3.8, 4) is 0 Å². The van der Waals surface area contributed by atoms with Gasteiger partial charge in [0.15, 0.2) is 0 Å². The van der Waals surface area contributed by atoms with Crippen LogP contribution in [0.3, 0.4) is 0 Å². The van der Waals surface area contributed by atoms with Gasteiger partial charge < -0.3 is 14.6 Å². The van der Waals surface area contributed by atoms with E-state index < -0.39 is 0 Å². The number of aromatic nitrogens is 3. The fraction of sp³-hybridized carbons (Fsp3) is 0.429. The first-order valence-electron chi connectivity index (χ1n) is 6.60. The molecule has 0 aliphatic carbocycles. The topological polar surface area (TPSA) is 52.0 Å². The van der Waals surface area contributed by atoms with Crippen molar-refractivity contribution in [1.82, 2.24) is 19.9 Å². The maximum absolute atomic E-state index is 5.72. The highest BCUT2D eigenvalue weighted by Gasteiger charge is 2.19. The zero-order valence-electron chi connectivity index (χ0n) is 11.0. The highest BCUT2D eigenvalue weighted by molar-refractivity contribution is 5.10. The molecule has 5 nitrogen and oxygen atoms in total. The Morgan fingerprint density at radius 3 is 3.16 bits per heavy atom. The number of nitrogens with one attached hydrogen (secondary N) is 1. The molecular formula is C14H18N4O. The molecular weight excluding hydrogens is 240 g/mol. The number of fused-ring (bicyclic) bond motifs is 1. The molecule has 1 aliphatic rings. The third kappa shape index (κ3) is 2.67. The van der Waals surface area contributed by atoms with Crippen LogP contribution in [0, 0.1) is 0 Å². The lowest BCUT2D eigenvalue weighted by atomic mass is 10.2. The second kappa shape index (κ2) is 5.50. The molecule has 1 atom stereocenters. The van der Waals surface area contributed by atoms with Crippen molar-refractivity contribution in [2.24, 2.45) is 0 Å². The smallest absolute Gasteiger partial charge is 0.125 e. The Hall–Kier alpha value is -1.72. The number of imidazole rings is 1. The van der Waals surface area contributed by atoms with Crippen molar-refractivity contribution in [2.45, 2.75) is 32.7 Å². The van der Waals surface area contributed by atoms with E-state index >= 15 is 0 Å². The van der Waals surface area contributed by atoms with Gasteiger partial charge >= 0.3 is 0 Å². The summed E-state index contributed by atoms with van der Waals surface area (Å²) < 4.78 is 7.97. The lowest BCUT2D eigenvalue weighted by molar-refractivity contribution is 0.0989. The second-order valence-electron chi connectivity index (χ2n) is 4.75. The van der Waals surface area contributed by atoms with Crippen molar-refractivity contribution in [3.63, 3.8) is 0 Å². The van der Waals surface area contributed by atoms with Crippen molar-refractivity contribution in [2.75, 3.05) is 6.54 Å². The summed E-state index contributed by atoms with van der Waals surface area (Å²) in [4.78, 5) is 8.71. The van der Waals surface area contributed by atoms with Gasteiger partial charge in [-0.3, -0.25) is 4.98 Å². The average molecular weight is 258 g/mol. The minimum Gasteiger partial charge on any atom is -0.369 e. The molecule has 3 rings (SSSR count). The molecule has 0 aromatic carbocycles. The van der Waals surface area contributed by atoms with Crippen LogP contribution in [0.5, 0.6) is 0 Å². The Morgan fingerprint density at radius 2 is 2.32 bits per heavy atom. The first kappa shape index (κ1) is 12.3. The Kier molecular flexibility index (Phi) is 3.57. The third-order valence-electron chi connectivity index (χ3n) is 3.37. The Balaban J connectivity index is 1.62. The van der Waals surface area contributed by atoms with Crippen LogP contribution in [0.1, 0.15) is 30.2 Å². The first-order valence-corrected chi connectivity index (χ1v) is 6.60. The molecule has 100 valence electrons. The maximum Gasteiger partial charge on any atom is 0.125 e. The molecule has 0 fully saturated rings. The van der Waals surface area contributed by atoms with Crippen LogP contribution in [-0.4, -0.2) is 21.1 Å². The van der Waals surface area contributed by atoms with Crippen LogP contribution in [-0.2, 0) is 24.5 Å². The fourth-order valence-electron chi connectivity index (χ4n) is 2.37. The SMILES string of the molecule is C[C@@H]1NCCn2c(COCc3ccccn3)cnc21. The largest absolute Gasteiger partial charge is 0.369 e. The van der Waals surface area contributed by atoms with Gasteiger partial charge in [0, 0.05) is 19.3 Å². The van der Waals surface area contributed by atoms with Gasteiger partial charge in [0.05, 0.1) is 36.8 Å². The molecule has 1 aliphatic heterocycles. The van der Waals surface area contributed by atoms with E-state index in [1.807, 2.05) is 24.4 Å². The molecule has 19 heavy (non-hydrogen) atoms. The van der Waals surface area contributed by atoms with E-state index in [1.165, 1.54) is 0 Å². The van der Waals surface area contributed by atoms with Gasteiger partial charge in [-0.15, -0.1) is 0 Å². The molecule has 2 aromatic rings. The molecule has 1 N–H and O–H groups in total. The van der Waals surface area contributed by atoms with Crippen molar-refractivity contribution in [1.29, 1.82) is 0 Å². The second-order valence-corrected chi connectivity index (χ2v) is 4.75. The summed E-state index contributed by atoms with van der Waals surface area (Å²) in [7, 11) is 0. The number of hydrogen-bond donors (Lipinski definition) is 1. The van der Waals surface area contributed by atoms with Crippen LogP contribution < -0.4 is 5.32 Å². The lowest BCUT2D eigenvalue weighted by Crippen LogP contribution is -2.32. The minimum atomic E-state index is 0.318. The van der Waals surface area contributed by atoms with Gasteiger partial charge in [0.25, 0.3) is 0 Å². The summed E-state index contributed by atoms with van der Waals surface area (Å²) in [5.41, 5.74) is 2.09. The highest BCUT2D eigenvalue weighted by atomic mass is 16.5. The summed E-state index contributed by atoms with van der Waals surface area (Å²) >= 11 is 0. The van der Waals surface area contributed by atoms with Crippen LogP contribution in [0.15, 0.2) is 30.6 Å². The number of pyridine rings is 1. The number of hydrogen-bond acceptors (Lipinski definition) is 4. The summed E-state index contributed by atoms with van der Waals surface area (Å²) in [5, 5.41) is 3.40. The van der Waals surface area contributed by atoms with Crippen LogP contribution in [0.2, 0.25) is 0 Å². The van der Waals surface area contributed by atoms with E-state index in [-0.39, 0.29) is 0 Å². The fourth-order valence-corrected chi connectivity index (χ4v) is 2.37. The lowest BCUT2D eigenvalue weighted by Gasteiger charge is -2.23. The molecule has 5 heteroatoms. The summed E-state index contributed by atoms with van der Waals surface area (Å²) in [6, 6.07) is 6.17. The molecule has 0 bridgehead atoms. The summed E-state index contributed by atoms with van der Waals surface area (Å²) in [6.07, 6.45) is 3.70. The van der Waals surface area contributed by atoms with Gasteiger partial charge in [0.2, 0.25) is 0 Å². The highest BCUT2D eigenvalue weighted by Crippen LogP contribution is 2.18. The third-order valence-corrected chi connectivity index (χ3v) is 3.37. The molecule has 0 spiro atoms. The van der Waals surface area contributed by atoms with E-state index in [0.717, 1.165) is 30.3 Å². The standard InChI is InChI=1S/C14H18N4O/c1-11-14-17-8-13(18(14)7-6-15-11)10-19-9-12-4-2-3-5-16-12/h2-5,8,11,15H,6-7,9-10H2,1H3/t11-/m0/s1. The van der Waals surface area contributed by atoms with Gasteiger partial charge in [0.1, 0.15) is 5.82 Å². The zero-order valence-corrected chi connectivity index (χ0v) is 11.0. The number of rotatable bonds is 4. The molecule has 0 amide bonds. The maximum atomic E-state index is 5.72. The van der Waals surface area contributed by atoms with E-state index in [9.17, 15) is 0 Å². The molecule has 0 radical (unpaired) electrons. The van der Waals surface area contributed by atoms with E-state index in [1.54, 1.807) is 6.20 Å². The van der Waals surface area contributed by atoms with Crippen LogP contribution >= 0.6 is 0 Å². The van der Waals surface area contributed by atoms with Crippen molar-refractivity contribution < 1.29 is 4.74 Å². The van der Waals surface area contributed by atoms with Gasteiger partial charge in [-0.25, -0.2) is 4.98 Å². The number of ether oxygens (including phenoxy) is 1. The monoisotopic (exact) mass is 258 g/mol. The first-order chi connectivity index (χ1) is 9.34.